The predicted octanol–water partition coefficient (Wildman–Crippen LogP) is 1.25. The van der Waals surface area contributed by atoms with Gasteiger partial charge in [-0.05, 0) is 31.6 Å². The first kappa shape index (κ1) is 12.3. The van der Waals surface area contributed by atoms with Gasteiger partial charge in [-0.1, -0.05) is 13.3 Å². The first-order valence-electron chi connectivity index (χ1n) is 5.92. The highest BCUT2D eigenvalue weighted by Crippen LogP contribution is 2.24. The Morgan fingerprint density at radius 3 is 2.80 bits per heavy atom. The third-order valence-corrected chi connectivity index (χ3v) is 2.88. The second kappa shape index (κ2) is 6.67. The summed E-state index contributed by atoms with van der Waals surface area (Å²) in [7, 11) is 0. The van der Waals surface area contributed by atoms with Crippen molar-refractivity contribution in [3.63, 3.8) is 0 Å². The van der Waals surface area contributed by atoms with Crippen LogP contribution < -0.4 is 10.6 Å². The van der Waals surface area contributed by atoms with Crippen molar-refractivity contribution in [2.24, 2.45) is 5.92 Å². The highest BCUT2D eigenvalue weighted by atomic mass is 16.3. The molecule has 2 atom stereocenters. The van der Waals surface area contributed by atoms with Gasteiger partial charge in [0.05, 0.1) is 6.10 Å². The Bertz CT molecular complexity index is 197. The van der Waals surface area contributed by atoms with Gasteiger partial charge in [0.25, 0.3) is 0 Å². The van der Waals surface area contributed by atoms with E-state index in [0.29, 0.717) is 12.5 Å². The van der Waals surface area contributed by atoms with Crippen LogP contribution in [0.25, 0.3) is 0 Å². The molecular weight excluding hydrogens is 192 g/mol. The van der Waals surface area contributed by atoms with Crippen LogP contribution in [0.4, 0.5) is 4.79 Å². The number of hydrogen-bond donors (Lipinski definition) is 3. The monoisotopic (exact) mass is 214 g/mol. The third kappa shape index (κ3) is 5.02. The SMILES string of the molecule is CCCCNC(=O)NCC1CCC(O)C1. The average molecular weight is 214 g/mol. The minimum Gasteiger partial charge on any atom is -0.393 e. The Hall–Kier alpha value is -0.770. The number of aliphatic hydroxyl groups excluding tert-OH is 1. The van der Waals surface area contributed by atoms with Crippen molar-refractivity contribution in [3.05, 3.63) is 0 Å². The van der Waals surface area contributed by atoms with Gasteiger partial charge >= 0.3 is 6.03 Å². The smallest absolute Gasteiger partial charge is 0.314 e. The van der Waals surface area contributed by atoms with Crippen LogP contribution in [0.1, 0.15) is 39.0 Å². The molecule has 4 nitrogen and oxygen atoms in total. The number of rotatable bonds is 5. The molecule has 1 aliphatic rings. The minimum absolute atomic E-state index is 0.0789. The number of carbonyl (C=O) groups is 1. The van der Waals surface area contributed by atoms with E-state index in [2.05, 4.69) is 17.6 Å². The number of carbonyl (C=O) groups excluding carboxylic acids is 1. The van der Waals surface area contributed by atoms with Gasteiger partial charge in [0.15, 0.2) is 0 Å². The zero-order valence-electron chi connectivity index (χ0n) is 9.46. The van der Waals surface area contributed by atoms with Crippen molar-refractivity contribution in [2.75, 3.05) is 13.1 Å². The molecule has 0 radical (unpaired) electrons. The Morgan fingerprint density at radius 1 is 1.40 bits per heavy atom. The van der Waals surface area contributed by atoms with Crippen LogP contribution in [0.3, 0.4) is 0 Å². The fourth-order valence-electron chi connectivity index (χ4n) is 1.91. The largest absolute Gasteiger partial charge is 0.393 e. The summed E-state index contributed by atoms with van der Waals surface area (Å²) < 4.78 is 0. The number of amides is 2. The fraction of sp³-hybridized carbons (Fsp3) is 0.909. The molecule has 0 aliphatic heterocycles. The summed E-state index contributed by atoms with van der Waals surface area (Å²) in [5.74, 6) is 0.455. The Kier molecular flexibility index (Phi) is 5.47. The topological polar surface area (TPSA) is 61.4 Å². The van der Waals surface area contributed by atoms with Crippen molar-refractivity contribution < 1.29 is 9.90 Å². The number of hydrogen-bond acceptors (Lipinski definition) is 2. The number of aliphatic hydroxyl groups is 1. The van der Waals surface area contributed by atoms with Crippen LogP contribution in [-0.4, -0.2) is 30.3 Å². The molecule has 0 aromatic carbocycles. The van der Waals surface area contributed by atoms with Gasteiger partial charge < -0.3 is 15.7 Å². The lowest BCUT2D eigenvalue weighted by Crippen LogP contribution is -2.38. The van der Waals surface area contributed by atoms with Gasteiger partial charge in [0, 0.05) is 13.1 Å². The summed E-state index contributed by atoms with van der Waals surface area (Å²) in [6.45, 7) is 3.53. The molecule has 4 heteroatoms. The maximum Gasteiger partial charge on any atom is 0.314 e. The molecule has 0 bridgehead atoms. The van der Waals surface area contributed by atoms with E-state index in [0.717, 1.165) is 38.6 Å². The predicted molar refractivity (Wildman–Crippen MR) is 59.7 cm³/mol. The molecule has 0 heterocycles. The van der Waals surface area contributed by atoms with Gasteiger partial charge in [-0.25, -0.2) is 4.79 Å². The maximum atomic E-state index is 11.3. The van der Waals surface area contributed by atoms with Crippen molar-refractivity contribution >= 4 is 6.03 Å². The summed E-state index contributed by atoms with van der Waals surface area (Å²) in [6.07, 6.45) is 4.69. The maximum absolute atomic E-state index is 11.3. The van der Waals surface area contributed by atoms with Gasteiger partial charge in [0.1, 0.15) is 0 Å². The van der Waals surface area contributed by atoms with Crippen molar-refractivity contribution in [1.29, 1.82) is 0 Å². The van der Waals surface area contributed by atoms with E-state index in [1.807, 2.05) is 0 Å². The van der Waals surface area contributed by atoms with Gasteiger partial charge in [-0.3, -0.25) is 0 Å². The molecule has 2 unspecified atom stereocenters. The molecule has 1 saturated carbocycles. The van der Waals surface area contributed by atoms with Crippen molar-refractivity contribution in [3.8, 4) is 0 Å². The normalized spacial score (nSPS) is 25.2. The lowest BCUT2D eigenvalue weighted by Gasteiger charge is -2.11. The first-order chi connectivity index (χ1) is 7.22. The van der Waals surface area contributed by atoms with Crippen molar-refractivity contribution in [1.82, 2.24) is 10.6 Å². The average Bonchev–Trinajstić information content (AvgIpc) is 2.62. The lowest BCUT2D eigenvalue weighted by molar-refractivity contribution is 0.177. The number of nitrogens with one attached hydrogen (secondary N) is 2. The summed E-state index contributed by atoms with van der Waals surface area (Å²) >= 11 is 0. The van der Waals surface area contributed by atoms with Gasteiger partial charge in [-0.15, -0.1) is 0 Å². The molecule has 15 heavy (non-hydrogen) atoms. The van der Waals surface area contributed by atoms with Crippen LogP contribution >= 0.6 is 0 Å². The van der Waals surface area contributed by atoms with E-state index in [4.69, 9.17) is 0 Å². The van der Waals surface area contributed by atoms with E-state index >= 15 is 0 Å². The zero-order chi connectivity index (χ0) is 11.1. The minimum atomic E-state index is -0.153. The highest BCUT2D eigenvalue weighted by Gasteiger charge is 2.22. The van der Waals surface area contributed by atoms with E-state index < -0.39 is 0 Å². The lowest BCUT2D eigenvalue weighted by atomic mass is 10.1. The number of unbranched alkanes of at least 4 members (excludes halogenated alkanes) is 1. The second-order valence-electron chi connectivity index (χ2n) is 4.32. The van der Waals surface area contributed by atoms with E-state index in [9.17, 15) is 9.90 Å². The third-order valence-electron chi connectivity index (χ3n) is 2.88. The molecule has 2 amide bonds. The number of urea groups is 1. The molecule has 3 N–H and O–H groups in total. The van der Waals surface area contributed by atoms with Crippen LogP contribution in [-0.2, 0) is 0 Å². The first-order valence-corrected chi connectivity index (χ1v) is 5.92. The summed E-state index contributed by atoms with van der Waals surface area (Å²) in [6, 6.07) is -0.0789. The Morgan fingerprint density at radius 2 is 2.20 bits per heavy atom. The summed E-state index contributed by atoms with van der Waals surface area (Å²) in [5, 5.41) is 15.0. The quantitative estimate of drug-likeness (QED) is 0.603. The zero-order valence-corrected chi connectivity index (χ0v) is 9.46. The van der Waals surface area contributed by atoms with E-state index in [-0.39, 0.29) is 12.1 Å². The van der Waals surface area contributed by atoms with Gasteiger partial charge in [-0.2, -0.15) is 0 Å². The van der Waals surface area contributed by atoms with E-state index in [1.54, 1.807) is 0 Å². The van der Waals surface area contributed by atoms with Crippen LogP contribution in [0.2, 0.25) is 0 Å². The molecule has 0 aromatic rings. The van der Waals surface area contributed by atoms with Crippen LogP contribution in [0, 0.1) is 5.92 Å². The fourth-order valence-corrected chi connectivity index (χ4v) is 1.91. The molecule has 0 aromatic heterocycles. The highest BCUT2D eigenvalue weighted by molar-refractivity contribution is 5.73. The molecule has 88 valence electrons. The van der Waals surface area contributed by atoms with Crippen LogP contribution in [0.15, 0.2) is 0 Å². The van der Waals surface area contributed by atoms with Crippen molar-refractivity contribution in [2.45, 2.75) is 45.1 Å². The van der Waals surface area contributed by atoms with E-state index in [1.165, 1.54) is 0 Å². The van der Waals surface area contributed by atoms with Gasteiger partial charge in [0.2, 0.25) is 0 Å². The Balaban J connectivity index is 2.01. The molecule has 1 aliphatic carbocycles. The molecule has 1 rings (SSSR count). The molecule has 0 saturated heterocycles. The standard InChI is InChI=1S/C11H22N2O2/c1-2-3-6-12-11(15)13-8-9-4-5-10(14)7-9/h9-10,14H,2-8H2,1H3,(H2,12,13,15). The summed E-state index contributed by atoms with van der Waals surface area (Å²) in [5.41, 5.74) is 0. The molecular formula is C11H22N2O2. The molecule has 1 fully saturated rings. The Labute approximate surface area is 91.4 Å². The summed E-state index contributed by atoms with van der Waals surface area (Å²) in [4.78, 5) is 11.3. The van der Waals surface area contributed by atoms with Crippen LogP contribution in [0.5, 0.6) is 0 Å². The molecule has 0 spiro atoms. The second-order valence-corrected chi connectivity index (χ2v) is 4.32.